The van der Waals surface area contributed by atoms with Crippen LogP contribution in [0.25, 0.3) is 0 Å². The maximum absolute atomic E-state index is 11.8. The molecule has 2 aromatic rings. The van der Waals surface area contributed by atoms with Crippen molar-refractivity contribution in [2.24, 2.45) is 0 Å². The first-order valence-electron chi connectivity index (χ1n) is 9.12. The fourth-order valence-electron chi connectivity index (χ4n) is 3.44. The molecule has 2 aliphatic heterocycles. The molecule has 4 rings (SSSR count). The van der Waals surface area contributed by atoms with E-state index in [4.69, 9.17) is 14.5 Å². The Morgan fingerprint density at radius 2 is 2.10 bits per heavy atom. The molecule has 0 atom stereocenters. The van der Waals surface area contributed by atoms with Gasteiger partial charge >= 0.3 is 19.1 Å². The van der Waals surface area contributed by atoms with Crippen LogP contribution in [0.5, 0.6) is 11.5 Å². The van der Waals surface area contributed by atoms with Crippen LogP contribution in [0.1, 0.15) is 21.7 Å². The number of hydrogen-bond donors (Lipinski definition) is 3. The molecule has 1 fully saturated rings. The van der Waals surface area contributed by atoms with Gasteiger partial charge in [-0.2, -0.15) is 5.10 Å². The molecule has 12 heteroatoms. The van der Waals surface area contributed by atoms with Gasteiger partial charge in [0.05, 0.1) is 6.54 Å². The number of nitrogens with zero attached hydrogens (tertiary/aromatic N) is 4. The molecule has 11 nitrogen and oxygen atoms in total. The molecular weight excluding hydrogens is 383 g/mol. The van der Waals surface area contributed by atoms with Crippen molar-refractivity contribution in [2.45, 2.75) is 31.9 Å². The van der Waals surface area contributed by atoms with Crippen molar-refractivity contribution < 1.29 is 34.2 Å². The molecule has 0 bridgehead atoms. The minimum absolute atomic E-state index is 0.0752. The highest BCUT2D eigenvalue weighted by atomic mass is 16.5. The van der Waals surface area contributed by atoms with Crippen molar-refractivity contribution in [3.63, 3.8) is 0 Å². The lowest BCUT2D eigenvalue weighted by atomic mass is 9.78. The smallest absolute Gasteiger partial charge is 0.522 e. The van der Waals surface area contributed by atoms with Crippen molar-refractivity contribution in [1.82, 2.24) is 19.7 Å². The predicted octanol–water partition coefficient (Wildman–Crippen LogP) is -0.261. The van der Waals surface area contributed by atoms with Crippen LogP contribution in [0, 0.1) is 0 Å². The number of rotatable bonds is 7. The Hall–Kier alpha value is -3.12. The lowest BCUT2D eigenvalue weighted by Gasteiger charge is -2.38. The number of aliphatic carboxylic acids is 1. The molecule has 0 spiro atoms. The average Bonchev–Trinajstić information content (AvgIpc) is 3.05. The molecule has 1 aromatic carbocycles. The number of carboxylic acid groups (broad SMARTS) is 2. The van der Waals surface area contributed by atoms with Crippen LogP contribution in [0.15, 0.2) is 18.5 Å². The lowest BCUT2D eigenvalue weighted by Crippen LogP contribution is -2.53. The monoisotopic (exact) mass is 402 g/mol. The number of fused-ring (bicyclic) bond motifs is 1. The van der Waals surface area contributed by atoms with E-state index >= 15 is 0 Å². The second-order valence-electron chi connectivity index (χ2n) is 7.03. The maximum Gasteiger partial charge on any atom is 0.522 e. The standard InChI is InChI=1S/C17H19BN4O7/c23-14(24)8-22-9-19-13(20-22)7-21-5-11(6-21)28-12-2-1-10-3-4-18(27)29-16(10)15(12)17(25)26/h1-2,9,11,27H,3-8H2,(H,23,24)(H,25,26). The second-order valence-corrected chi connectivity index (χ2v) is 7.03. The van der Waals surface area contributed by atoms with Crippen LogP contribution in [-0.4, -0.2) is 73.2 Å². The van der Waals surface area contributed by atoms with Crippen LogP contribution in [-0.2, 0) is 24.3 Å². The van der Waals surface area contributed by atoms with E-state index in [-0.39, 0.29) is 29.7 Å². The number of carboxylic acids is 2. The molecule has 0 aliphatic carbocycles. The van der Waals surface area contributed by atoms with E-state index in [1.165, 1.54) is 11.0 Å². The summed E-state index contributed by atoms with van der Waals surface area (Å²) >= 11 is 0. The molecule has 0 unspecified atom stereocenters. The van der Waals surface area contributed by atoms with Gasteiger partial charge in [0, 0.05) is 13.1 Å². The third-order valence-corrected chi connectivity index (χ3v) is 4.79. The Bertz CT molecular complexity index is 944. The van der Waals surface area contributed by atoms with Gasteiger partial charge in [-0.05, 0) is 24.4 Å². The number of benzene rings is 1. The molecule has 0 saturated carbocycles. The Kier molecular flexibility index (Phi) is 5.11. The molecule has 1 saturated heterocycles. The average molecular weight is 402 g/mol. The van der Waals surface area contributed by atoms with Gasteiger partial charge in [0.2, 0.25) is 0 Å². The minimum atomic E-state index is -1.17. The molecule has 2 aliphatic rings. The number of likely N-dealkylation sites (tertiary alicyclic amines) is 1. The first kappa shape index (κ1) is 19.2. The van der Waals surface area contributed by atoms with Gasteiger partial charge in [0.25, 0.3) is 0 Å². The maximum atomic E-state index is 11.8. The first-order chi connectivity index (χ1) is 13.9. The van der Waals surface area contributed by atoms with Gasteiger partial charge in [-0.3, -0.25) is 9.69 Å². The van der Waals surface area contributed by atoms with E-state index in [0.717, 1.165) is 5.56 Å². The Morgan fingerprint density at radius 1 is 1.31 bits per heavy atom. The third kappa shape index (κ3) is 4.17. The fraction of sp³-hybridized carbons (Fsp3) is 0.412. The van der Waals surface area contributed by atoms with E-state index in [9.17, 15) is 19.7 Å². The largest absolute Gasteiger partial charge is 0.535 e. The summed E-state index contributed by atoms with van der Waals surface area (Å²) in [6.07, 6.45) is 2.12. The molecule has 3 N–H and O–H groups in total. The highest BCUT2D eigenvalue weighted by molar-refractivity contribution is 6.44. The quantitative estimate of drug-likeness (QED) is 0.529. The van der Waals surface area contributed by atoms with Crippen LogP contribution < -0.4 is 9.39 Å². The van der Waals surface area contributed by atoms with Crippen LogP contribution >= 0.6 is 0 Å². The van der Waals surface area contributed by atoms with E-state index in [1.807, 2.05) is 4.90 Å². The Balaban J connectivity index is 1.38. The topological polar surface area (TPSA) is 147 Å². The van der Waals surface area contributed by atoms with Crippen LogP contribution in [0.2, 0.25) is 6.32 Å². The molecule has 29 heavy (non-hydrogen) atoms. The normalized spacial score (nSPS) is 16.7. The third-order valence-electron chi connectivity index (χ3n) is 4.79. The number of aromatic carboxylic acids is 1. The molecule has 1 aromatic heterocycles. The summed E-state index contributed by atoms with van der Waals surface area (Å²) in [4.78, 5) is 28.5. The van der Waals surface area contributed by atoms with E-state index in [2.05, 4.69) is 10.1 Å². The van der Waals surface area contributed by atoms with Crippen molar-refractivity contribution in [3.8, 4) is 11.5 Å². The van der Waals surface area contributed by atoms with Crippen molar-refractivity contribution in [3.05, 3.63) is 35.4 Å². The molecule has 0 amide bonds. The Morgan fingerprint density at radius 3 is 2.83 bits per heavy atom. The molecular formula is C17H19BN4O7. The van der Waals surface area contributed by atoms with Crippen LogP contribution in [0.4, 0.5) is 0 Å². The molecule has 152 valence electrons. The first-order valence-corrected chi connectivity index (χ1v) is 9.12. The predicted molar refractivity (Wildman–Crippen MR) is 97.9 cm³/mol. The second kappa shape index (κ2) is 7.72. The summed E-state index contributed by atoms with van der Waals surface area (Å²) in [6, 6.07) is 3.39. The summed E-state index contributed by atoms with van der Waals surface area (Å²) in [5, 5.41) is 32.2. The van der Waals surface area contributed by atoms with Gasteiger partial charge in [0.15, 0.2) is 5.82 Å². The summed E-state index contributed by atoms with van der Waals surface area (Å²) in [5.41, 5.74) is 0.659. The summed E-state index contributed by atoms with van der Waals surface area (Å²) in [7, 11) is -1.02. The lowest BCUT2D eigenvalue weighted by molar-refractivity contribution is -0.137. The zero-order valence-corrected chi connectivity index (χ0v) is 15.4. The van der Waals surface area contributed by atoms with Crippen LogP contribution in [0.3, 0.4) is 0 Å². The van der Waals surface area contributed by atoms with E-state index < -0.39 is 19.1 Å². The molecule has 0 radical (unpaired) electrons. The molecule has 3 heterocycles. The van der Waals surface area contributed by atoms with Crippen molar-refractivity contribution in [1.29, 1.82) is 0 Å². The fourth-order valence-corrected chi connectivity index (χ4v) is 3.44. The summed E-state index contributed by atoms with van der Waals surface area (Å²) in [5.74, 6) is -1.28. The number of ether oxygens (including phenoxy) is 1. The Labute approximate surface area is 165 Å². The van der Waals surface area contributed by atoms with Gasteiger partial charge in [-0.25, -0.2) is 14.5 Å². The van der Waals surface area contributed by atoms with Gasteiger partial charge in [0.1, 0.15) is 36.0 Å². The van der Waals surface area contributed by atoms with E-state index in [1.54, 1.807) is 12.1 Å². The number of aromatic nitrogens is 3. The van der Waals surface area contributed by atoms with Gasteiger partial charge < -0.3 is 24.6 Å². The van der Waals surface area contributed by atoms with E-state index in [0.29, 0.717) is 38.2 Å². The highest BCUT2D eigenvalue weighted by Crippen LogP contribution is 2.37. The number of carbonyl (C=O) groups is 2. The van der Waals surface area contributed by atoms with Crippen molar-refractivity contribution in [2.75, 3.05) is 13.1 Å². The van der Waals surface area contributed by atoms with Gasteiger partial charge in [-0.1, -0.05) is 6.07 Å². The highest BCUT2D eigenvalue weighted by Gasteiger charge is 2.34. The summed E-state index contributed by atoms with van der Waals surface area (Å²) < 4.78 is 12.5. The zero-order valence-electron chi connectivity index (χ0n) is 15.4. The summed E-state index contributed by atoms with van der Waals surface area (Å²) in [6.45, 7) is 1.30. The number of hydrogen-bond acceptors (Lipinski definition) is 8. The minimum Gasteiger partial charge on any atom is -0.535 e. The van der Waals surface area contributed by atoms with Crippen molar-refractivity contribution >= 4 is 19.1 Å². The number of aryl methyl sites for hydroxylation is 1. The van der Waals surface area contributed by atoms with Gasteiger partial charge in [-0.15, -0.1) is 0 Å². The zero-order chi connectivity index (χ0) is 20.5. The SMILES string of the molecule is O=C(O)Cn1cnc(CN2CC(Oc3ccc4c(c3C(=O)O)OB(O)CC4)C2)n1.